The van der Waals surface area contributed by atoms with E-state index >= 15 is 0 Å². The summed E-state index contributed by atoms with van der Waals surface area (Å²) >= 11 is 10.5. The van der Waals surface area contributed by atoms with Crippen molar-refractivity contribution in [3.63, 3.8) is 0 Å². The van der Waals surface area contributed by atoms with Crippen LogP contribution in [0.2, 0.25) is 5.02 Å². The van der Waals surface area contributed by atoms with Crippen LogP contribution in [0.3, 0.4) is 0 Å². The molecule has 3 aromatic heterocycles. The zero-order chi connectivity index (χ0) is 18.6. The van der Waals surface area contributed by atoms with Crippen molar-refractivity contribution in [2.75, 3.05) is 5.84 Å². The molecule has 3 heterocycles. The number of rotatable bonds is 7. The number of hydrogen-bond acceptors (Lipinski definition) is 8. The maximum Gasteiger partial charge on any atom is 0.210 e. The highest BCUT2D eigenvalue weighted by atomic mass is 35.5. The Bertz CT molecular complexity index is 1010. The van der Waals surface area contributed by atoms with Gasteiger partial charge in [0.15, 0.2) is 5.82 Å². The van der Waals surface area contributed by atoms with Gasteiger partial charge in [0.2, 0.25) is 5.16 Å². The Morgan fingerprint density at radius 1 is 1.15 bits per heavy atom. The average molecular weight is 436 g/mol. The molecule has 0 atom stereocenters. The van der Waals surface area contributed by atoms with Crippen LogP contribution < -0.4 is 10.6 Å². The predicted molar refractivity (Wildman–Crippen MR) is 111 cm³/mol. The second-order valence-electron chi connectivity index (χ2n) is 5.42. The van der Waals surface area contributed by atoms with Gasteiger partial charge in [0.1, 0.15) is 17.4 Å². The van der Waals surface area contributed by atoms with Crippen LogP contribution in [0.25, 0.3) is 10.7 Å². The molecule has 0 radical (unpaired) electrons. The zero-order valence-electron chi connectivity index (χ0n) is 13.9. The molecule has 0 aliphatic rings. The molecule has 4 aromatic rings. The molecule has 138 valence electrons. The molecule has 0 fully saturated rings. The molecular formula is C17H14ClN5OS3. The number of nitrogen functional groups attached to an aromatic ring is 1. The zero-order valence-corrected chi connectivity index (χ0v) is 17.1. The van der Waals surface area contributed by atoms with Crippen LogP contribution in [0.1, 0.15) is 10.7 Å². The third-order valence-corrected chi connectivity index (χ3v) is 6.50. The topological polar surface area (TPSA) is 78.9 Å². The van der Waals surface area contributed by atoms with E-state index < -0.39 is 0 Å². The molecule has 1 aromatic carbocycles. The van der Waals surface area contributed by atoms with Gasteiger partial charge in [-0.1, -0.05) is 29.4 Å². The summed E-state index contributed by atoms with van der Waals surface area (Å²) in [5.41, 5.74) is 0.959. The van der Waals surface area contributed by atoms with E-state index in [-0.39, 0.29) is 0 Å². The lowest BCUT2D eigenvalue weighted by Crippen LogP contribution is -2.11. The van der Waals surface area contributed by atoms with Crippen LogP contribution in [0.4, 0.5) is 0 Å². The van der Waals surface area contributed by atoms with Crippen LogP contribution in [-0.4, -0.2) is 19.9 Å². The summed E-state index contributed by atoms with van der Waals surface area (Å²) in [6.45, 7) is 0.423. The second kappa shape index (κ2) is 8.30. The summed E-state index contributed by atoms with van der Waals surface area (Å²) in [6, 6.07) is 11.2. The smallest absolute Gasteiger partial charge is 0.210 e. The number of hydrogen-bond donors (Lipinski definition) is 1. The van der Waals surface area contributed by atoms with Gasteiger partial charge in [-0.05, 0) is 35.7 Å². The molecule has 0 amide bonds. The Balaban J connectivity index is 1.34. The molecule has 0 aliphatic carbocycles. The lowest BCUT2D eigenvalue weighted by molar-refractivity contribution is 0.305. The second-order valence-corrected chi connectivity index (χ2v) is 8.69. The SMILES string of the molecule is Nn1c(SCc2csc(COc3ccc(Cl)cc3)n2)nnc1-c1cccs1. The summed E-state index contributed by atoms with van der Waals surface area (Å²) in [5, 5.41) is 14.6. The highest BCUT2D eigenvalue weighted by Crippen LogP contribution is 2.27. The number of halogens is 1. The van der Waals surface area contributed by atoms with E-state index in [4.69, 9.17) is 22.2 Å². The van der Waals surface area contributed by atoms with Crippen LogP contribution in [0.5, 0.6) is 5.75 Å². The van der Waals surface area contributed by atoms with Crippen molar-refractivity contribution in [1.29, 1.82) is 0 Å². The molecule has 0 spiro atoms. The van der Waals surface area contributed by atoms with Gasteiger partial charge in [-0.15, -0.1) is 32.9 Å². The number of benzene rings is 1. The van der Waals surface area contributed by atoms with Gasteiger partial charge in [-0.2, -0.15) is 0 Å². The minimum atomic E-state index is 0.423. The van der Waals surface area contributed by atoms with E-state index in [1.54, 1.807) is 34.8 Å². The lowest BCUT2D eigenvalue weighted by Gasteiger charge is -2.03. The van der Waals surface area contributed by atoms with Crippen molar-refractivity contribution < 1.29 is 4.74 Å². The Labute approximate surface area is 173 Å². The highest BCUT2D eigenvalue weighted by Gasteiger charge is 2.13. The van der Waals surface area contributed by atoms with Gasteiger partial charge >= 0.3 is 0 Å². The quantitative estimate of drug-likeness (QED) is 0.334. The number of thioether (sulfide) groups is 1. The van der Waals surface area contributed by atoms with Crippen molar-refractivity contribution in [1.82, 2.24) is 19.9 Å². The first kappa shape index (κ1) is 18.3. The maximum atomic E-state index is 6.12. The number of nitrogens with zero attached hydrogens (tertiary/aromatic N) is 4. The van der Waals surface area contributed by atoms with Gasteiger partial charge in [0.25, 0.3) is 0 Å². The average Bonchev–Trinajstić information content (AvgIpc) is 3.41. The molecule has 0 bridgehead atoms. The van der Waals surface area contributed by atoms with Crippen molar-refractivity contribution >= 4 is 46.0 Å². The van der Waals surface area contributed by atoms with Crippen molar-refractivity contribution in [3.05, 3.63) is 62.9 Å². The summed E-state index contributed by atoms with van der Waals surface area (Å²) in [6.07, 6.45) is 0. The van der Waals surface area contributed by atoms with E-state index in [2.05, 4.69) is 15.2 Å². The highest BCUT2D eigenvalue weighted by molar-refractivity contribution is 7.98. The monoisotopic (exact) mass is 435 g/mol. The molecule has 27 heavy (non-hydrogen) atoms. The fourth-order valence-electron chi connectivity index (χ4n) is 2.25. The molecular weight excluding hydrogens is 422 g/mol. The molecule has 0 saturated carbocycles. The van der Waals surface area contributed by atoms with Gasteiger partial charge < -0.3 is 10.6 Å². The van der Waals surface area contributed by atoms with E-state index in [9.17, 15) is 0 Å². The van der Waals surface area contributed by atoms with Gasteiger partial charge in [0.05, 0.1) is 10.6 Å². The standard InChI is InChI=1S/C17H14ClN5OS3/c18-11-3-5-13(6-4-11)24-8-15-20-12(9-26-15)10-27-17-22-21-16(23(17)19)14-2-1-7-25-14/h1-7,9H,8,10,19H2. The summed E-state index contributed by atoms with van der Waals surface area (Å²) in [7, 11) is 0. The van der Waals surface area contributed by atoms with Gasteiger partial charge in [-0.25, -0.2) is 9.66 Å². The normalized spacial score (nSPS) is 11.0. The molecule has 2 N–H and O–H groups in total. The molecule has 4 rings (SSSR count). The van der Waals surface area contributed by atoms with Crippen LogP contribution in [-0.2, 0) is 12.4 Å². The molecule has 0 saturated heterocycles. The number of thiophene rings is 1. The lowest BCUT2D eigenvalue weighted by atomic mass is 10.3. The number of thiazole rings is 1. The molecule has 10 heteroatoms. The number of aromatic nitrogens is 4. The van der Waals surface area contributed by atoms with Crippen LogP contribution in [0.15, 0.2) is 52.3 Å². The fourth-order valence-corrected chi connectivity index (χ4v) is 4.64. The van der Waals surface area contributed by atoms with E-state index in [0.717, 1.165) is 21.3 Å². The third kappa shape index (κ3) is 4.44. The fraction of sp³-hybridized carbons (Fsp3) is 0.118. The van der Waals surface area contributed by atoms with Crippen LogP contribution in [0, 0.1) is 0 Å². The first-order valence-corrected chi connectivity index (χ1v) is 11.0. The van der Waals surface area contributed by atoms with E-state index in [0.29, 0.717) is 28.4 Å². The van der Waals surface area contributed by atoms with Gasteiger partial charge in [-0.3, -0.25) is 0 Å². The summed E-state index contributed by atoms with van der Waals surface area (Å²) in [5.74, 6) is 8.22. The maximum absolute atomic E-state index is 6.12. The number of ether oxygens (including phenoxy) is 1. The minimum absolute atomic E-state index is 0.423. The van der Waals surface area contributed by atoms with Crippen molar-refractivity contribution in [2.24, 2.45) is 0 Å². The third-order valence-electron chi connectivity index (χ3n) is 3.53. The van der Waals surface area contributed by atoms with E-state index in [1.165, 1.54) is 16.4 Å². The Hall–Kier alpha value is -2.07. The van der Waals surface area contributed by atoms with Crippen molar-refractivity contribution in [2.45, 2.75) is 17.5 Å². The first-order valence-electron chi connectivity index (χ1n) is 7.88. The predicted octanol–water partition coefficient (Wildman–Crippen LogP) is 4.70. The minimum Gasteiger partial charge on any atom is -0.486 e. The van der Waals surface area contributed by atoms with Gasteiger partial charge in [0, 0.05) is 16.2 Å². The molecule has 6 nitrogen and oxygen atoms in total. The first-order chi connectivity index (χ1) is 13.2. The van der Waals surface area contributed by atoms with Crippen LogP contribution >= 0.6 is 46.0 Å². The number of nitrogens with two attached hydrogens (primary N) is 1. The largest absolute Gasteiger partial charge is 0.486 e. The molecule has 0 aliphatic heterocycles. The Kier molecular flexibility index (Phi) is 5.63. The van der Waals surface area contributed by atoms with E-state index in [1.807, 2.05) is 35.0 Å². The summed E-state index contributed by atoms with van der Waals surface area (Å²) < 4.78 is 7.25. The molecule has 0 unspecified atom stereocenters. The van der Waals surface area contributed by atoms with Crippen molar-refractivity contribution in [3.8, 4) is 16.5 Å². The Morgan fingerprint density at radius 3 is 2.78 bits per heavy atom. The Morgan fingerprint density at radius 2 is 2.00 bits per heavy atom. The summed E-state index contributed by atoms with van der Waals surface area (Å²) in [4.78, 5) is 5.59.